The van der Waals surface area contributed by atoms with Crippen molar-refractivity contribution in [3.63, 3.8) is 0 Å². The number of hydrogen-bond donors (Lipinski definition) is 2. The van der Waals surface area contributed by atoms with Gasteiger partial charge in [-0.05, 0) is 47.7 Å². The van der Waals surface area contributed by atoms with E-state index in [0.29, 0.717) is 22.4 Å². The molecule has 0 bridgehead atoms. The predicted octanol–water partition coefficient (Wildman–Crippen LogP) is 5.80. The molecular weight excluding hydrogens is 466 g/mol. The molecule has 0 spiro atoms. The summed E-state index contributed by atoms with van der Waals surface area (Å²) >= 11 is 0. The molecule has 1 unspecified atom stereocenters. The van der Waals surface area contributed by atoms with Gasteiger partial charge in [0, 0.05) is 0 Å². The molecule has 5 rings (SSSR count). The first-order valence-corrected chi connectivity index (χ1v) is 12.1. The Morgan fingerprint density at radius 3 is 2.46 bits per heavy atom. The molecule has 7 nitrogen and oxygen atoms in total. The van der Waals surface area contributed by atoms with Gasteiger partial charge in [-0.2, -0.15) is 0 Å². The average molecular weight is 496 g/mol. The number of H-pyrrole nitrogens is 1. The third kappa shape index (κ3) is 4.16. The van der Waals surface area contributed by atoms with Crippen LogP contribution in [-0.2, 0) is 15.0 Å². The lowest BCUT2D eigenvalue weighted by Crippen LogP contribution is -2.30. The number of nitrogens with one attached hydrogen (secondary N) is 1. The molecule has 188 valence electrons. The van der Waals surface area contributed by atoms with E-state index >= 15 is 0 Å². The number of aromatic nitrogens is 2. The second-order valence-corrected chi connectivity index (χ2v) is 10.3. The van der Waals surface area contributed by atoms with Crippen molar-refractivity contribution in [2.24, 2.45) is 0 Å². The third-order valence-electron chi connectivity index (χ3n) is 6.73. The number of para-hydroxylation sites is 2. The molecule has 1 saturated heterocycles. The van der Waals surface area contributed by atoms with Gasteiger partial charge in [0.25, 0.3) is 5.78 Å². The topological polar surface area (TPSA) is 95.5 Å². The van der Waals surface area contributed by atoms with Crippen LogP contribution in [0.4, 0.5) is 5.95 Å². The first kappa shape index (κ1) is 24.3. The maximum atomic E-state index is 13.6. The largest absolute Gasteiger partial charge is 0.507 e. The molecule has 0 aliphatic carbocycles. The van der Waals surface area contributed by atoms with Gasteiger partial charge >= 0.3 is 5.91 Å². The number of fused-ring (bicyclic) bond motifs is 1. The van der Waals surface area contributed by atoms with Crippen molar-refractivity contribution in [3.05, 3.63) is 94.6 Å². The van der Waals surface area contributed by atoms with E-state index in [0.717, 1.165) is 16.6 Å². The first-order chi connectivity index (χ1) is 17.6. The summed E-state index contributed by atoms with van der Waals surface area (Å²) in [6, 6.07) is 19.6. The summed E-state index contributed by atoms with van der Waals surface area (Å²) in [5, 5.41) is 11.7. The summed E-state index contributed by atoms with van der Waals surface area (Å²) < 4.78 is 5.54. The van der Waals surface area contributed by atoms with Gasteiger partial charge in [0.05, 0.1) is 35.3 Å². The van der Waals surface area contributed by atoms with E-state index in [1.165, 1.54) is 12.0 Å². The average Bonchev–Trinajstić information content (AvgIpc) is 3.41. The molecule has 1 amide bonds. The lowest BCUT2D eigenvalue weighted by Gasteiger charge is -2.24. The number of aromatic amines is 1. The zero-order chi connectivity index (χ0) is 26.5. The van der Waals surface area contributed by atoms with Gasteiger partial charge in [-0.1, -0.05) is 68.8 Å². The van der Waals surface area contributed by atoms with Gasteiger partial charge in [0.1, 0.15) is 11.5 Å². The van der Waals surface area contributed by atoms with Crippen LogP contribution in [0.3, 0.4) is 0 Å². The Hall–Kier alpha value is -4.39. The van der Waals surface area contributed by atoms with Gasteiger partial charge in [-0.15, -0.1) is 0 Å². The van der Waals surface area contributed by atoms with Crippen molar-refractivity contribution in [3.8, 4) is 5.75 Å². The van der Waals surface area contributed by atoms with E-state index in [4.69, 9.17) is 4.74 Å². The number of imidazole rings is 1. The minimum atomic E-state index is -0.886. The van der Waals surface area contributed by atoms with Gasteiger partial charge in [-0.3, -0.25) is 14.5 Å². The summed E-state index contributed by atoms with van der Waals surface area (Å²) in [5.74, 6) is -1.19. The summed E-state index contributed by atoms with van der Waals surface area (Å²) in [6.45, 7) is 8.12. The normalized spacial score (nSPS) is 17.5. The maximum Gasteiger partial charge on any atom is 0.302 e. The highest BCUT2D eigenvalue weighted by molar-refractivity contribution is 6.51. The number of rotatable bonds is 4. The number of anilines is 1. The zero-order valence-corrected chi connectivity index (χ0v) is 21.5. The second kappa shape index (κ2) is 8.92. The van der Waals surface area contributed by atoms with Crippen LogP contribution in [0.1, 0.15) is 49.1 Å². The highest BCUT2D eigenvalue weighted by Gasteiger charge is 2.48. The van der Waals surface area contributed by atoms with Crippen molar-refractivity contribution in [2.75, 3.05) is 12.0 Å². The fourth-order valence-electron chi connectivity index (χ4n) is 4.76. The number of benzene rings is 3. The minimum Gasteiger partial charge on any atom is -0.507 e. The molecule has 2 N–H and O–H groups in total. The standard InChI is InChI=1S/C30H29N3O4/c1-17-9-8-10-18(15-17)25-24(26(34)20-16-19(30(2,3)4)13-14-23(20)37-5)27(35)28(36)33(25)29-31-21-11-6-7-12-22(21)32-29/h6-16,25,34H,1-5H3,(H,31,32)/b26-24+. The summed E-state index contributed by atoms with van der Waals surface area (Å²) in [7, 11) is 1.51. The van der Waals surface area contributed by atoms with Crippen LogP contribution in [0.25, 0.3) is 16.8 Å². The fraction of sp³-hybridized carbons (Fsp3) is 0.233. The molecule has 1 fully saturated rings. The number of ketones is 1. The molecule has 1 aliphatic heterocycles. The molecule has 1 aliphatic rings. The first-order valence-electron chi connectivity index (χ1n) is 12.1. The van der Waals surface area contributed by atoms with Crippen molar-refractivity contribution >= 4 is 34.4 Å². The Morgan fingerprint density at radius 1 is 1.03 bits per heavy atom. The fourth-order valence-corrected chi connectivity index (χ4v) is 4.76. The number of Topliss-reactive ketones (excluding diaryl/α,β-unsaturated/α-hetero) is 1. The molecule has 4 aromatic rings. The highest BCUT2D eigenvalue weighted by atomic mass is 16.5. The number of aliphatic hydroxyl groups excluding tert-OH is 1. The van der Waals surface area contributed by atoms with E-state index in [2.05, 4.69) is 30.7 Å². The van der Waals surface area contributed by atoms with E-state index in [1.807, 2.05) is 67.6 Å². The van der Waals surface area contributed by atoms with Gasteiger partial charge < -0.3 is 14.8 Å². The number of carbonyl (C=O) groups excluding carboxylic acids is 2. The van der Waals surface area contributed by atoms with Crippen molar-refractivity contribution in [1.82, 2.24) is 9.97 Å². The third-order valence-corrected chi connectivity index (χ3v) is 6.73. The number of carbonyl (C=O) groups is 2. The highest BCUT2D eigenvalue weighted by Crippen LogP contribution is 2.43. The molecule has 3 aromatic carbocycles. The van der Waals surface area contributed by atoms with E-state index in [-0.39, 0.29) is 22.7 Å². The van der Waals surface area contributed by atoms with Crippen LogP contribution >= 0.6 is 0 Å². The summed E-state index contributed by atoms with van der Waals surface area (Å²) in [5.41, 5.74) is 4.14. The molecular formula is C30H29N3O4. The van der Waals surface area contributed by atoms with Crippen LogP contribution in [0.15, 0.2) is 72.3 Å². The summed E-state index contributed by atoms with van der Waals surface area (Å²) in [6.07, 6.45) is 0. The molecule has 1 atom stereocenters. The minimum absolute atomic E-state index is 0.0135. The van der Waals surface area contributed by atoms with Crippen LogP contribution in [0.5, 0.6) is 5.75 Å². The second-order valence-electron chi connectivity index (χ2n) is 10.3. The number of aliphatic hydroxyl groups is 1. The monoisotopic (exact) mass is 495 g/mol. The van der Waals surface area contributed by atoms with Crippen LogP contribution in [-0.4, -0.2) is 33.9 Å². The molecule has 37 heavy (non-hydrogen) atoms. The lowest BCUT2D eigenvalue weighted by molar-refractivity contribution is -0.132. The Morgan fingerprint density at radius 2 is 1.78 bits per heavy atom. The van der Waals surface area contributed by atoms with Crippen molar-refractivity contribution < 1.29 is 19.4 Å². The van der Waals surface area contributed by atoms with E-state index in [9.17, 15) is 14.7 Å². The van der Waals surface area contributed by atoms with E-state index in [1.54, 1.807) is 6.07 Å². The summed E-state index contributed by atoms with van der Waals surface area (Å²) in [4.78, 5) is 36.2. The number of ether oxygens (including phenoxy) is 1. The van der Waals surface area contributed by atoms with Crippen LogP contribution < -0.4 is 9.64 Å². The molecule has 7 heteroatoms. The van der Waals surface area contributed by atoms with Gasteiger partial charge in [0.2, 0.25) is 5.95 Å². The van der Waals surface area contributed by atoms with Crippen molar-refractivity contribution in [2.45, 2.75) is 39.2 Å². The number of amides is 1. The predicted molar refractivity (Wildman–Crippen MR) is 144 cm³/mol. The number of aryl methyl sites for hydroxylation is 1. The van der Waals surface area contributed by atoms with Crippen LogP contribution in [0, 0.1) is 6.92 Å². The maximum absolute atomic E-state index is 13.6. The van der Waals surface area contributed by atoms with Gasteiger partial charge in [0.15, 0.2) is 0 Å². The Bertz CT molecular complexity index is 1540. The number of methoxy groups -OCH3 is 1. The smallest absolute Gasteiger partial charge is 0.302 e. The van der Waals surface area contributed by atoms with E-state index < -0.39 is 17.7 Å². The number of hydrogen-bond acceptors (Lipinski definition) is 5. The van der Waals surface area contributed by atoms with Crippen LogP contribution in [0.2, 0.25) is 0 Å². The molecule has 1 aromatic heterocycles. The Balaban J connectivity index is 1.77. The Labute approximate surface area is 215 Å². The zero-order valence-electron chi connectivity index (χ0n) is 21.5. The Kier molecular flexibility index (Phi) is 5.86. The molecule has 0 radical (unpaired) electrons. The van der Waals surface area contributed by atoms with Gasteiger partial charge in [-0.25, -0.2) is 4.98 Å². The molecule has 0 saturated carbocycles. The lowest BCUT2D eigenvalue weighted by atomic mass is 9.85. The SMILES string of the molecule is COc1ccc(C(C)(C)C)cc1/C(O)=C1\C(=O)C(=O)N(c2nc3ccccc3[nH]2)C1c1cccc(C)c1. The molecule has 2 heterocycles. The quantitative estimate of drug-likeness (QED) is 0.212. The number of nitrogens with zero attached hydrogens (tertiary/aromatic N) is 2. The van der Waals surface area contributed by atoms with Crippen molar-refractivity contribution in [1.29, 1.82) is 0 Å².